The highest BCUT2D eigenvalue weighted by molar-refractivity contribution is 7.80. The molecule has 12 heteroatoms. The fourth-order valence-corrected chi connectivity index (χ4v) is 5.78. The number of fused-ring (bicyclic) bond motifs is 2. The summed E-state index contributed by atoms with van der Waals surface area (Å²) in [7, 11) is 0. The van der Waals surface area contributed by atoms with Crippen molar-refractivity contribution in [2.24, 2.45) is 0 Å². The second kappa shape index (κ2) is 15.9. The normalized spacial score (nSPS) is 11.1. The quantitative estimate of drug-likeness (QED) is 0.0344. The Kier molecular flexibility index (Phi) is 10.8. The highest BCUT2D eigenvalue weighted by atomic mass is 32.1. The Morgan fingerprint density at radius 1 is 0.808 bits per heavy atom. The largest absolute Gasteiger partial charge is 0.508 e. The number of aromatic hydroxyl groups is 2. The van der Waals surface area contributed by atoms with Gasteiger partial charge in [0.1, 0.15) is 17.1 Å². The first kappa shape index (κ1) is 35.2. The second-order valence-electron chi connectivity index (χ2n) is 11.7. The third-order valence-electron chi connectivity index (χ3n) is 8.03. The van der Waals surface area contributed by atoms with Gasteiger partial charge >= 0.3 is 5.97 Å². The number of carboxylic acid groups (broad SMARTS) is 1. The Bertz CT molecular complexity index is 2340. The second-order valence-corrected chi connectivity index (χ2v) is 12.1. The van der Waals surface area contributed by atoms with E-state index in [4.69, 9.17) is 21.4 Å². The summed E-state index contributed by atoms with van der Waals surface area (Å²) in [6, 6.07) is 28.3. The predicted molar refractivity (Wildman–Crippen MR) is 204 cm³/mol. The van der Waals surface area contributed by atoms with Crippen LogP contribution in [0, 0.1) is 0 Å². The van der Waals surface area contributed by atoms with Gasteiger partial charge in [0.2, 0.25) is 0 Å². The van der Waals surface area contributed by atoms with Crippen LogP contribution >= 0.6 is 12.2 Å². The lowest BCUT2D eigenvalue weighted by atomic mass is 9.90. The summed E-state index contributed by atoms with van der Waals surface area (Å²) in [5, 5.41) is 40.0. The first-order valence-electron chi connectivity index (χ1n) is 16.2. The minimum Gasteiger partial charge on any atom is -0.508 e. The van der Waals surface area contributed by atoms with Gasteiger partial charge in [0, 0.05) is 47.4 Å². The van der Waals surface area contributed by atoms with E-state index < -0.39 is 5.97 Å². The molecule has 2 aliphatic rings. The molecule has 11 nitrogen and oxygen atoms in total. The summed E-state index contributed by atoms with van der Waals surface area (Å²) in [5.74, 6) is -1.20. The van der Waals surface area contributed by atoms with Crippen LogP contribution < -0.4 is 26.1 Å². The maximum atomic E-state index is 12.5. The van der Waals surface area contributed by atoms with Crippen LogP contribution in [0.15, 0.2) is 112 Å². The number of aromatic carboxylic acids is 1. The topological polar surface area (TPSA) is 170 Å². The van der Waals surface area contributed by atoms with Gasteiger partial charge in [0.25, 0.3) is 5.91 Å². The summed E-state index contributed by atoms with van der Waals surface area (Å²) in [6.07, 6.45) is 4.35. The lowest BCUT2D eigenvalue weighted by Crippen LogP contribution is -2.34. The SMILES string of the molecule is O=C(COc1cc(/C=C/c2ccccc2)ccc1O)NCCCNC(=S)Nc1ccc(-c2c3ccc(=O)cc-3oc3cc(O)ccc23)c(C(=O)O)c1. The molecule has 52 heavy (non-hydrogen) atoms. The van der Waals surface area contributed by atoms with Crippen molar-refractivity contribution in [2.75, 3.05) is 25.0 Å². The lowest BCUT2D eigenvalue weighted by Gasteiger charge is -2.18. The molecule has 1 heterocycles. The van der Waals surface area contributed by atoms with Crippen LogP contribution in [0.2, 0.25) is 0 Å². The highest BCUT2D eigenvalue weighted by Crippen LogP contribution is 2.42. The van der Waals surface area contributed by atoms with Crippen LogP contribution in [0.5, 0.6) is 17.2 Å². The van der Waals surface area contributed by atoms with Crippen molar-refractivity contribution >= 4 is 58.0 Å². The number of carbonyl (C=O) groups is 2. The van der Waals surface area contributed by atoms with Gasteiger partial charge in [-0.3, -0.25) is 9.59 Å². The van der Waals surface area contributed by atoms with Gasteiger partial charge in [-0.2, -0.15) is 0 Å². The molecule has 6 N–H and O–H groups in total. The zero-order chi connectivity index (χ0) is 36.6. The molecule has 1 aliphatic heterocycles. The Morgan fingerprint density at radius 3 is 2.38 bits per heavy atom. The number of ether oxygens (including phenoxy) is 1. The van der Waals surface area contributed by atoms with Crippen LogP contribution in [-0.2, 0) is 4.79 Å². The average molecular weight is 716 g/mol. The smallest absolute Gasteiger partial charge is 0.336 e. The number of hydrogen-bond acceptors (Lipinski definition) is 8. The molecule has 0 spiro atoms. The molecule has 0 atom stereocenters. The Morgan fingerprint density at radius 2 is 1.58 bits per heavy atom. The molecule has 4 aromatic rings. The zero-order valence-corrected chi connectivity index (χ0v) is 28.4. The summed E-state index contributed by atoms with van der Waals surface area (Å²) in [5.41, 5.74) is 3.72. The molecular weight excluding hydrogens is 683 g/mol. The van der Waals surface area contributed by atoms with Crippen LogP contribution in [0.25, 0.3) is 45.6 Å². The van der Waals surface area contributed by atoms with Crippen LogP contribution in [0.3, 0.4) is 0 Å². The van der Waals surface area contributed by atoms with Crippen molar-refractivity contribution in [3.63, 3.8) is 0 Å². The molecule has 1 amide bonds. The molecule has 4 aromatic carbocycles. The number of carboxylic acids is 1. The number of carbonyl (C=O) groups excluding carboxylic acids is 1. The average Bonchev–Trinajstić information content (AvgIpc) is 3.13. The molecule has 262 valence electrons. The monoisotopic (exact) mass is 715 g/mol. The minimum absolute atomic E-state index is 0.0190. The van der Waals surface area contributed by atoms with Crippen molar-refractivity contribution in [1.82, 2.24) is 10.6 Å². The van der Waals surface area contributed by atoms with Crippen LogP contribution in [-0.4, -0.2) is 52.0 Å². The molecular formula is C40H33N3O8S. The number of phenolic OH excluding ortho intramolecular Hbond substituents is 2. The molecule has 0 fully saturated rings. The number of benzene rings is 5. The maximum Gasteiger partial charge on any atom is 0.336 e. The molecule has 0 saturated heterocycles. The summed E-state index contributed by atoms with van der Waals surface area (Å²) < 4.78 is 11.4. The number of anilines is 1. The van der Waals surface area contributed by atoms with E-state index >= 15 is 0 Å². The van der Waals surface area contributed by atoms with Gasteiger partial charge in [-0.1, -0.05) is 54.6 Å². The van der Waals surface area contributed by atoms with Crippen molar-refractivity contribution in [3.8, 4) is 39.7 Å². The number of hydrogen-bond donors (Lipinski definition) is 6. The lowest BCUT2D eigenvalue weighted by molar-refractivity contribution is -0.123. The van der Waals surface area contributed by atoms with Gasteiger partial charge in [0.05, 0.1) is 5.56 Å². The van der Waals surface area contributed by atoms with E-state index in [1.54, 1.807) is 36.4 Å². The van der Waals surface area contributed by atoms with E-state index in [1.807, 2.05) is 42.5 Å². The molecule has 6 rings (SSSR count). The van der Waals surface area contributed by atoms with E-state index in [9.17, 15) is 29.7 Å². The van der Waals surface area contributed by atoms with Gasteiger partial charge < -0.3 is 40.4 Å². The number of amides is 1. The predicted octanol–water partition coefficient (Wildman–Crippen LogP) is 6.72. The van der Waals surface area contributed by atoms with Crippen molar-refractivity contribution in [3.05, 3.63) is 130 Å². The van der Waals surface area contributed by atoms with E-state index in [0.29, 0.717) is 47.3 Å². The fraction of sp³-hybridized carbons (Fsp3) is 0.100. The third kappa shape index (κ3) is 8.55. The van der Waals surface area contributed by atoms with Gasteiger partial charge in [-0.05, 0) is 83.9 Å². The van der Waals surface area contributed by atoms with Gasteiger partial charge in [-0.15, -0.1) is 0 Å². The third-order valence-corrected chi connectivity index (χ3v) is 8.27. The first-order chi connectivity index (χ1) is 25.1. The Hall–Kier alpha value is -6.66. The van der Waals surface area contributed by atoms with Crippen LogP contribution in [0.4, 0.5) is 5.69 Å². The van der Waals surface area contributed by atoms with Crippen molar-refractivity contribution in [2.45, 2.75) is 6.42 Å². The number of rotatable bonds is 12. The number of thiocarbonyl (C=S) groups is 1. The molecule has 0 unspecified atom stereocenters. The molecule has 0 saturated carbocycles. The highest BCUT2D eigenvalue weighted by Gasteiger charge is 2.22. The zero-order valence-electron chi connectivity index (χ0n) is 27.6. The van der Waals surface area contributed by atoms with E-state index in [2.05, 4.69) is 16.0 Å². The van der Waals surface area contributed by atoms with Gasteiger partial charge in [0.15, 0.2) is 28.6 Å². The van der Waals surface area contributed by atoms with Crippen molar-refractivity contribution < 1.29 is 34.1 Å². The van der Waals surface area contributed by atoms with E-state index in [1.165, 1.54) is 36.4 Å². The first-order valence-corrected chi connectivity index (χ1v) is 16.6. The van der Waals surface area contributed by atoms with Crippen LogP contribution in [0.1, 0.15) is 27.9 Å². The Labute approximate surface area is 303 Å². The van der Waals surface area contributed by atoms with E-state index in [-0.39, 0.29) is 57.2 Å². The molecule has 1 aliphatic carbocycles. The number of phenols is 2. The molecule has 0 bridgehead atoms. The summed E-state index contributed by atoms with van der Waals surface area (Å²) >= 11 is 5.42. The molecule has 0 aromatic heterocycles. The minimum atomic E-state index is -1.18. The summed E-state index contributed by atoms with van der Waals surface area (Å²) in [4.78, 5) is 37.0. The standard InChI is InChI=1S/C40H33N3O8S/c44-27-11-14-30-34(21-27)51-35-22-28(45)12-15-31(35)38(30)29-13-10-26(20-32(29)39(48)49)43-40(52)42-18-4-17-41-37(47)23-50-36-19-25(9-16-33(36)46)8-7-24-5-2-1-3-6-24/h1-3,5-16,19-22,44,46H,4,17-18,23H2,(H,41,47)(H,48,49)(H2,42,43,52)/b8-7+. The maximum absolute atomic E-state index is 12.5. The Balaban J connectivity index is 1.02. The van der Waals surface area contributed by atoms with Gasteiger partial charge in [-0.25, -0.2) is 4.79 Å². The van der Waals surface area contributed by atoms with Crippen molar-refractivity contribution in [1.29, 1.82) is 0 Å². The van der Waals surface area contributed by atoms with E-state index in [0.717, 1.165) is 11.1 Å². The fourth-order valence-electron chi connectivity index (χ4n) is 5.56. The molecule has 0 radical (unpaired) electrons. The summed E-state index contributed by atoms with van der Waals surface area (Å²) in [6.45, 7) is 0.464. The number of nitrogens with one attached hydrogen (secondary N) is 3.